The van der Waals surface area contributed by atoms with Gasteiger partial charge in [0.1, 0.15) is 5.82 Å². The molecule has 0 heterocycles. The summed E-state index contributed by atoms with van der Waals surface area (Å²) >= 11 is 5.30. The number of nitrogens with zero attached hydrogens (tertiary/aromatic N) is 1. The lowest BCUT2D eigenvalue weighted by Gasteiger charge is -2.25. The van der Waals surface area contributed by atoms with Crippen LogP contribution in [-0.4, -0.2) is 23.1 Å². The van der Waals surface area contributed by atoms with Crippen LogP contribution in [0.1, 0.15) is 26.7 Å². The van der Waals surface area contributed by atoms with Crippen molar-refractivity contribution in [3.63, 3.8) is 0 Å². The molecule has 0 radical (unpaired) electrons. The van der Waals surface area contributed by atoms with Gasteiger partial charge >= 0.3 is 0 Å². The second-order valence-corrected chi connectivity index (χ2v) is 4.28. The van der Waals surface area contributed by atoms with Crippen molar-refractivity contribution < 1.29 is 4.39 Å². The van der Waals surface area contributed by atoms with E-state index >= 15 is 0 Å². The third-order valence-electron chi connectivity index (χ3n) is 2.39. The summed E-state index contributed by atoms with van der Waals surface area (Å²) < 4.78 is 13.4. The van der Waals surface area contributed by atoms with Crippen LogP contribution < -0.4 is 5.32 Å². The highest BCUT2D eigenvalue weighted by molar-refractivity contribution is 7.80. The van der Waals surface area contributed by atoms with Crippen molar-refractivity contribution in [2.45, 2.75) is 26.7 Å². The Morgan fingerprint density at radius 2 is 1.82 bits per heavy atom. The van der Waals surface area contributed by atoms with Gasteiger partial charge in [-0.2, -0.15) is 0 Å². The number of hydrogen-bond acceptors (Lipinski definition) is 1. The average Bonchev–Trinajstić information content (AvgIpc) is 2.32. The smallest absolute Gasteiger partial charge is 0.173 e. The first-order valence-corrected chi connectivity index (χ1v) is 6.40. The maximum atomic E-state index is 13.4. The van der Waals surface area contributed by atoms with Crippen LogP contribution in [0.2, 0.25) is 0 Å². The van der Waals surface area contributed by atoms with Crippen molar-refractivity contribution in [2.24, 2.45) is 0 Å². The summed E-state index contributed by atoms with van der Waals surface area (Å²) in [5.74, 6) is -0.275. The van der Waals surface area contributed by atoms with E-state index in [2.05, 4.69) is 24.1 Å². The van der Waals surface area contributed by atoms with Crippen LogP contribution in [0.15, 0.2) is 24.3 Å². The molecule has 4 heteroatoms. The zero-order valence-electron chi connectivity index (χ0n) is 10.4. The third kappa shape index (κ3) is 4.30. The quantitative estimate of drug-likeness (QED) is 0.808. The van der Waals surface area contributed by atoms with Crippen molar-refractivity contribution in [1.29, 1.82) is 0 Å². The van der Waals surface area contributed by atoms with Gasteiger partial charge in [-0.1, -0.05) is 26.0 Å². The summed E-state index contributed by atoms with van der Waals surface area (Å²) in [6, 6.07) is 6.57. The minimum atomic E-state index is -0.275. The van der Waals surface area contributed by atoms with E-state index in [1.54, 1.807) is 18.2 Å². The fraction of sp³-hybridized carbons (Fsp3) is 0.462. The summed E-state index contributed by atoms with van der Waals surface area (Å²) in [4.78, 5) is 2.07. The number of para-hydroxylation sites is 1. The number of thiocarbonyl (C=S) groups is 1. The van der Waals surface area contributed by atoms with Crippen LogP contribution in [0.25, 0.3) is 0 Å². The Morgan fingerprint density at radius 1 is 1.24 bits per heavy atom. The molecule has 0 unspecified atom stereocenters. The minimum Gasteiger partial charge on any atom is -0.349 e. The topological polar surface area (TPSA) is 15.3 Å². The van der Waals surface area contributed by atoms with Crippen molar-refractivity contribution in [1.82, 2.24) is 4.90 Å². The second-order valence-electron chi connectivity index (χ2n) is 3.90. The van der Waals surface area contributed by atoms with Gasteiger partial charge in [0, 0.05) is 13.1 Å². The number of halogens is 1. The predicted molar refractivity (Wildman–Crippen MR) is 74.8 cm³/mol. The van der Waals surface area contributed by atoms with Gasteiger partial charge in [-0.25, -0.2) is 4.39 Å². The Labute approximate surface area is 108 Å². The molecule has 0 saturated carbocycles. The van der Waals surface area contributed by atoms with E-state index in [0.29, 0.717) is 10.8 Å². The lowest BCUT2D eigenvalue weighted by atomic mass is 10.3. The molecular weight excluding hydrogens is 235 g/mol. The summed E-state index contributed by atoms with van der Waals surface area (Å²) in [6.45, 7) is 6.00. The molecule has 0 aliphatic carbocycles. The van der Waals surface area contributed by atoms with E-state index < -0.39 is 0 Å². The van der Waals surface area contributed by atoms with E-state index in [-0.39, 0.29) is 5.82 Å². The molecule has 0 spiro atoms. The highest BCUT2D eigenvalue weighted by Crippen LogP contribution is 2.13. The fourth-order valence-corrected chi connectivity index (χ4v) is 1.90. The molecule has 94 valence electrons. The first-order valence-electron chi connectivity index (χ1n) is 5.99. The van der Waals surface area contributed by atoms with Crippen LogP contribution in [-0.2, 0) is 0 Å². The van der Waals surface area contributed by atoms with Gasteiger partial charge in [0.25, 0.3) is 0 Å². The molecule has 1 rings (SSSR count). The van der Waals surface area contributed by atoms with Gasteiger partial charge in [-0.05, 0) is 37.2 Å². The molecule has 1 aromatic carbocycles. The number of anilines is 1. The van der Waals surface area contributed by atoms with Crippen molar-refractivity contribution in [3.05, 3.63) is 30.1 Å². The highest BCUT2D eigenvalue weighted by Gasteiger charge is 2.09. The summed E-state index contributed by atoms with van der Waals surface area (Å²) in [5, 5.41) is 3.56. The van der Waals surface area contributed by atoms with Crippen LogP contribution in [0.5, 0.6) is 0 Å². The van der Waals surface area contributed by atoms with Gasteiger partial charge in [0.2, 0.25) is 0 Å². The maximum Gasteiger partial charge on any atom is 0.173 e. The number of nitrogens with one attached hydrogen (secondary N) is 1. The normalized spacial score (nSPS) is 10.1. The standard InChI is InChI=1S/C13H19FN2S/c1-3-9-16(10-4-2)13(17)15-12-8-6-5-7-11(12)14/h5-8H,3-4,9-10H2,1-2H3,(H,15,17). The van der Waals surface area contributed by atoms with Crippen LogP contribution >= 0.6 is 12.2 Å². The van der Waals surface area contributed by atoms with Gasteiger partial charge < -0.3 is 10.2 Å². The molecule has 17 heavy (non-hydrogen) atoms. The van der Waals surface area contributed by atoms with Crippen LogP contribution in [0.4, 0.5) is 10.1 Å². The lowest BCUT2D eigenvalue weighted by molar-refractivity contribution is 0.422. The van der Waals surface area contributed by atoms with E-state index in [1.165, 1.54) is 6.07 Å². The van der Waals surface area contributed by atoms with Crippen molar-refractivity contribution in [3.8, 4) is 0 Å². The molecule has 2 nitrogen and oxygen atoms in total. The molecule has 0 amide bonds. The molecule has 0 saturated heterocycles. The second kappa shape index (κ2) is 7.22. The SMILES string of the molecule is CCCN(CCC)C(=S)Nc1ccccc1F. The summed E-state index contributed by atoms with van der Waals surface area (Å²) in [7, 11) is 0. The first kappa shape index (κ1) is 13.9. The highest BCUT2D eigenvalue weighted by atomic mass is 32.1. The molecule has 1 aromatic rings. The van der Waals surface area contributed by atoms with Gasteiger partial charge in [0.15, 0.2) is 5.11 Å². The predicted octanol–water partition coefficient (Wildman–Crippen LogP) is 3.64. The molecule has 0 fully saturated rings. The van der Waals surface area contributed by atoms with Gasteiger partial charge in [-0.3, -0.25) is 0 Å². The third-order valence-corrected chi connectivity index (χ3v) is 2.75. The lowest BCUT2D eigenvalue weighted by Crippen LogP contribution is -2.36. The molecule has 0 aliphatic rings. The number of benzene rings is 1. The minimum absolute atomic E-state index is 0.275. The number of rotatable bonds is 5. The van der Waals surface area contributed by atoms with Gasteiger partial charge in [0.05, 0.1) is 5.69 Å². The van der Waals surface area contributed by atoms with E-state index in [0.717, 1.165) is 25.9 Å². The average molecular weight is 254 g/mol. The van der Waals surface area contributed by atoms with Gasteiger partial charge in [-0.15, -0.1) is 0 Å². The summed E-state index contributed by atoms with van der Waals surface area (Å²) in [6.07, 6.45) is 2.05. The van der Waals surface area contributed by atoms with Crippen molar-refractivity contribution >= 4 is 23.0 Å². The van der Waals surface area contributed by atoms with Crippen LogP contribution in [0.3, 0.4) is 0 Å². The van der Waals surface area contributed by atoms with E-state index in [4.69, 9.17) is 12.2 Å². The zero-order chi connectivity index (χ0) is 12.7. The monoisotopic (exact) mass is 254 g/mol. The Kier molecular flexibility index (Phi) is 5.91. The molecule has 0 bridgehead atoms. The maximum absolute atomic E-state index is 13.4. The van der Waals surface area contributed by atoms with E-state index in [9.17, 15) is 4.39 Å². The largest absolute Gasteiger partial charge is 0.349 e. The molecule has 0 aromatic heterocycles. The zero-order valence-corrected chi connectivity index (χ0v) is 11.2. The molecule has 0 aliphatic heterocycles. The van der Waals surface area contributed by atoms with Crippen molar-refractivity contribution in [2.75, 3.05) is 18.4 Å². The first-order chi connectivity index (χ1) is 8.19. The fourth-order valence-electron chi connectivity index (χ4n) is 1.61. The Bertz CT molecular complexity index is 362. The van der Waals surface area contributed by atoms with E-state index in [1.807, 2.05) is 0 Å². The Balaban J connectivity index is 2.66. The Morgan fingerprint density at radius 3 is 2.35 bits per heavy atom. The summed E-state index contributed by atoms with van der Waals surface area (Å²) in [5.41, 5.74) is 0.440. The molecule has 0 atom stereocenters. The molecule has 1 N–H and O–H groups in total. The van der Waals surface area contributed by atoms with Crippen LogP contribution in [0, 0.1) is 5.82 Å². The Hall–Kier alpha value is -1.16. The molecular formula is C13H19FN2S. The number of hydrogen-bond donors (Lipinski definition) is 1.